The fourth-order valence-electron chi connectivity index (χ4n) is 5.06. The highest BCUT2D eigenvalue weighted by Gasteiger charge is 2.64. The zero-order chi connectivity index (χ0) is 19.2. The summed E-state index contributed by atoms with van der Waals surface area (Å²) in [5.41, 5.74) is 2.82. The molecule has 0 atom stereocenters. The van der Waals surface area contributed by atoms with Crippen LogP contribution in [0.15, 0.2) is 36.4 Å². The van der Waals surface area contributed by atoms with Crippen LogP contribution in [0, 0.1) is 28.1 Å². The van der Waals surface area contributed by atoms with Crippen molar-refractivity contribution in [2.75, 3.05) is 24.6 Å². The summed E-state index contributed by atoms with van der Waals surface area (Å²) < 4.78 is 0. The van der Waals surface area contributed by atoms with Crippen molar-refractivity contribution in [1.82, 2.24) is 5.01 Å². The summed E-state index contributed by atoms with van der Waals surface area (Å²) in [4.78, 5) is 0. The second kappa shape index (κ2) is 6.53. The summed E-state index contributed by atoms with van der Waals surface area (Å²) in [5, 5.41) is 16.9. The first kappa shape index (κ1) is 18.3. The Morgan fingerprint density at radius 2 is 1.59 bits per heavy atom. The molecule has 2 aromatic rings. The third-order valence-electron chi connectivity index (χ3n) is 7.64. The van der Waals surface area contributed by atoms with E-state index in [2.05, 4.69) is 68.0 Å². The van der Waals surface area contributed by atoms with Crippen molar-refractivity contribution >= 4 is 16.5 Å². The largest absolute Gasteiger partial charge is 0.305 e. The second-order valence-electron chi connectivity index (χ2n) is 9.38. The van der Waals surface area contributed by atoms with Crippen LogP contribution in [0.2, 0.25) is 0 Å². The van der Waals surface area contributed by atoms with Gasteiger partial charge < -0.3 is 5.01 Å². The monoisotopic (exact) mass is 361 g/mol. The minimum absolute atomic E-state index is 0.401. The topological polar surface area (TPSA) is 30.3 Å². The molecule has 0 N–H and O–H groups in total. The molecule has 3 heteroatoms. The Morgan fingerprint density at radius 1 is 0.926 bits per heavy atom. The highest BCUT2D eigenvalue weighted by molar-refractivity contribution is 5.97. The first-order valence-electron chi connectivity index (χ1n) is 10.3. The van der Waals surface area contributed by atoms with Gasteiger partial charge in [0.25, 0.3) is 0 Å². The minimum Gasteiger partial charge on any atom is -0.305 e. The predicted molar refractivity (Wildman–Crippen MR) is 112 cm³/mol. The smallest absolute Gasteiger partial charge is 0.0998 e. The van der Waals surface area contributed by atoms with Crippen LogP contribution in [0.4, 0.5) is 5.69 Å². The number of nitrogens with zero attached hydrogens (tertiary/aromatic N) is 3. The van der Waals surface area contributed by atoms with E-state index in [-0.39, 0.29) is 0 Å². The highest BCUT2D eigenvalue weighted by atomic mass is 15.6. The van der Waals surface area contributed by atoms with Gasteiger partial charge in [-0.2, -0.15) is 5.26 Å². The van der Waals surface area contributed by atoms with Crippen LogP contribution < -0.4 is 5.01 Å². The molecule has 0 unspecified atom stereocenters. The van der Waals surface area contributed by atoms with E-state index in [1.54, 1.807) is 0 Å². The van der Waals surface area contributed by atoms with Crippen molar-refractivity contribution < 1.29 is 0 Å². The van der Waals surface area contributed by atoms with Crippen LogP contribution in [0.25, 0.3) is 10.8 Å². The Bertz CT molecular complexity index is 876. The number of nitriles is 1. The minimum atomic E-state index is 0.401. The maximum absolute atomic E-state index is 9.50. The van der Waals surface area contributed by atoms with Crippen LogP contribution in [-0.2, 0) is 0 Å². The lowest BCUT2D eigenvalue weighted by atomic mass is 10.0. The van der Waals surface area contributed by atoms with Crippen LogP contribution in [0.5, 0.6) is 0 Å². The molecule has 1 saturated heterocycles. The Labute approximate surface area is 163 Å². The predicted octanol–water partition coefficient (Wildman–Crippen LogP) is 5.60. The molecule has 1 saturated carbocycles. The van der Waals surface area contributed by atoms with Gasteiger partial charge in [-0.05, 0) is 41.7 Å². The molecular formula is C24H31N3. The van der Waals surface area contributed by atoms with E-state index in [9.17, 15) is 5.26 Å². The zero-order valence-corrected chi connectivity index (χ0v) is 17.1. The number of rotatable bonds is 3. The summed E-state index contributed by atoms with van der Waals surface area (Å²) in [6.07, 6.45) is 3.78. The first-order chi connectivity index (χ1) is 12.9. The fourth-order valence-corrected chi connectivity index (χ4v) is 5.06. The Kier molecular flexibility index (Phi) is 4.43. The van der Waals surface area contributed by atoms with Gasteiger partial charge in [0.1, 0.15) is 0 Å². The van der Waals surface area contributed by atoms with Gasteiger partial charge in [0.2, 0.25) is 0 Å². The van der Waals surface area contributed by atoms with Crippen LogP contribution >= 0.6 is 0 Å². The average Bonchev–Trinajstić information content (AvgIpc) is 3.17. The van der Waals surface area contributed by atoms with Crippen LogP contribution in [-0.4, -0.2) is 24.6 Å². The van der Waals surface area contributed by atoms with Crippen LogP contribution in [0.1, 0.15) is 52.5 Å². The van der Waals surface area contributed by atoms with E-state index in [1.807, 2.05) is 12.1 Å². The van der Waals surface area contributed by atoms with Crippen molar-refractivity contribution in [3.8, 4) is 6.07 Å². The molecule has 4 rings (SSSR count). The Balaban J connectivity index is 1.72. The molecule has 1 aliphatic carbocycles. The molecule has 2 aliphatic rings. The van der Waals surface area contributed by atoms with Gasteiger partial charge in [-0.15, -0.1) is 0 Å². The lowest BCUT2D eigenvalue weighted by Crippen LogP contribution is -2.44. The van der Waals surface area contributed by atoms with Crippen molar-refractivity contribution in [3.05, 3.63) is 42.0 Å². The first-order valence-corrected chi connectivity index (χ1v) is 10.3. The molecule has 142 valence electrons. The maximum Gasteiger partial charge on any atom is 0.0998 e. The third kappa shape index (κ3) is 2.91. The summed E-state index contributed by atoms with van der Waals surface area (Å²) in [5.74, 6) is 0.718. The fraction of sp³-hybridized carbons (Fsp3) is 0.542. The molecule has 0 spiro atoms. The molecule has 3 nitrogen and oxygen atoms in total. The number of hydrogen-bond acceptors (Lipinski definition) is 3. The van der Waals surface area contributed by atoms with Gasteiger partial charge in [0, 0.05) is 30.4 Å². The summed E-state index contributed by atoms with van der Waals surface area (Å²) in [7, 11) is 0. The number of fused-ring (bicyclic) bond motifs is 1. The van der Waals surface area contributed by atoms with Gasteiger partial charge in [-0.3, -0.25) is 0 Å². The molecule has 0 radical (unpaired) electrons. The summed E-state index contributed by atoms with van der Waals surface area (Å²) in [6, 6.07) is 14.9. The SMILES string of the molecule is CC1(C)C(CN2CCCCCN2c2ccc(C#N)c3ccccc23)C1(C)C. The molecule has 2 aromatic carbocycles. The lowest BCUT2D eigenvalue weighted by molar-refractivity contribution is 0.235. The average molecular weight is 362 g/mol. The van der Waals surface area contributed by atoms with E-state index < -0.39 is 0 Å². The number of anilines is 1. The lowest BCUT2D eigenvalue weighted by Gasteiger charge is -2.36. The number of hydrogen-bond donors (Lipinski definition) is 0. The van der Waals surface area contributed by atoms with E-state index >= 15 is 0 Å². The van der Waals surface area contributed by atoms with Crippen molar-refractivity contribution in [2.24, 2.45) is 16.7 Å². The zero-order valence-electron chi connectivity index (χ0n) is 17.1. The molecule has 0 aromatic heterocycles. The van der Waals surface area contributed by atoms with Gasteiger partial charge in [0.05, 0.1) is 17.3 Å². The van der Waals surface area contributed by atoms with E-state index in [4.69, 9.17) is 0 Å². The molecule has 27 heavy (non-hydrogen) atoms. The van der Waals surface area contributed by atoms with Gasteiger partial charge in [-0.25, -0.2) is 5.01 Å². The molecule has 1 heterocycles. The summed E-state index contributed by atoms with van der Waals surface area (Å²) >= 11 is 0. The van der Waals surface area contributed by atoms with Gasteiger partial charge in [-0.1, -0.05) is 58.4 Å². The standard InChI is InChI=1S/C24H31N3/c1-23(2)22(24(23,3)4)17-26-14-8-5-9-15-27(26)21-13-12-18(16-25)19-10-6-7-11-20(19)21/h6-7,10-13,22H,5,8-9,14-15,17H2,1-4H3. The highest BCUT2D eigenvalue weighted by Crippen LogP contribution is 2.68. The molecular weight excluding hydrogens is 330 g/mol. The van der Waals surface area contributed by atoms with Crippen molar-refractivity contribution in [1.29, 1.82) is 5.26 Å². The normalized spacial score (nSPS) is 22.4. The maximum atomic E-state index is 9.50. The van der Waals surface area contributed by atoms with Crippen LogP contribution in [0.3, 0.4) is 0 Å². The Morgan fingerprint density at radius 3 is 2.26 bits per heavy atom. The number of hydrazine groups is 1. The van der Waals surface area contributed by atoms with Crippen molar-refractivity contribution in [2.45, 2.75) is 47.0 Å². The summed E-state index contributed by atoms with van der Waals surface area (Å²) in [6.45, 7) is 13.0. The second-order valence-corrected chi connectivity index (χ2v) is 9.38. The van der Waals surface area contributed by atoms with E-state index in [1.165, 1.54) is 30.3 Å². The quantitative estimate of drug-likeness (QED) is 0.713. The molecule has 0 bridgehead atoms. The third-order valence-corrected chi connectivity index (χ3v) is 7.64. The van der Waals surface area contributed by atoms with Gasteiger partial charge >= 0.3 is 0 Å². The molecule has 0 amide bonds. The van der Waals surface area contributed by atoms with Crippen molar-refractivity contribution in [3.63, 3.8) is 0 Å². The van der Waals surface area contributed by atoms with E-state index in [0.717, 1.165) is 36.5 Å². The van der Waals surface area contributed by atoms with E-state index in [0.29, 0.717) is 10.8 Å². The number of benzene rings is 2. The molecule has 1 aliphatic heterocycles. The van der Waals surface area contributed by atoms with Gasteiger partial charge in [0.15, 0.2) is 0 Å². The molecule has 2 fully saturated rings. The Hall–Kier alpha value is -2.05.